The summed E-state index contributed by atoms with van der Waals surface area (Å²) in [6.07, 6.45) is 2.13. The molecule has 1 spiro atoms. The molecular formula is C14H17ClF2N6O2S. The average molecular weight is 407 g/mol. The van der Waals surface area contributed by atoms with Crippen molar-refractivity contribution < 1.29 is 17.2 Å². The molecule has 0 aromatic carbocycles. The normalized spacial score (nSPS) is 20.2. The van der Waals surface area contributed by atoms with Gasteiger partial charge in [-0.05, 0) is 31.4 Å². The van der Waals surface area contributed by atoms with E-state index in [9.17, 15) is 17.2 Å². The Morgan fingerprint density at radius 2 is 2.08 bits per heavy atom. The molecule has 3 heterocycles. The molecule has 0 amide bonds. The van der Waals surface area contributed by atoms with Gasteiger partial charge in [-0.25, -0.2) is 14.6 Å². The lowest BCUT2D eigenvalue weighted by Crippen LogP contribution is -2.68. The summed E-state index contributed by atoms with van der Waals surface area (Å²) in [5, 5.41) is 9.53. The van der Waals surface area contributed by atoms with Crippen molar-refractivity contribution in [3.05, 3.63) is 23.1 Å². The Kier molecular flexibility index (Phi) is 3.92. The molecule has 1 saturated heterocycles. The fourth-order valence-electron chi connectivity index (χ4n) is 4.16. The van der Waals surface area contributed by atoms with Gasteiger partial charge in [0.2, 0.25) is 0 Å². The molecule has 8 nitrogen and oxygen atoms in total. The highest BCUT2D eigenvalue weighted by Crippen LogP contribution is 2.52. The van der Waals surface area contributed by atoms with E-state index in [0.717, 1.165) is 16.9 Å². The van der Waals surface area contributed by atoms with Crippen molar-refractivity contribution in [1.29, 1.82) is 0 Å². The van der Waals surface area contributed by atoms with Crippen LogP contribution in [-0.4, -0.2) is 53.0 Å². The van der Waals surface area contributed by atoms with E-state index < -0.39 is 22.8 Å². The highest BCUT2D eigenvalue weighted by Gasteiger charge is 2.57. The Morgan fingerprint density at radius 1 is 1.42 bits per heavy atom. The number of hydrogen-bond donors (Lipinski definition) is 1. The lowest BCUT2D eigenvalue weighted by atomic mass is 9.60. The van der Waals surface area contributed by atoms with E-state index in [1.807, 2.05) is 11.8 Å². The van der Waals surface area contributed by atoms with Gasteiger partial charge in [-0.1, -0.05) is 11.6 Å². The lowest BCUT2D eigenvalue weighted by Gasteiger charge is -2.60. The van der Waals surface area contributed by atoms with Gasteiger partial charge in [0.25, 0.3) is 10.2 Å². The predicted molar refractivity (Wildman–Crippen MR) is 91.4 cm³/mol. The summed E-state index contributed by atoms with van der Waals surface area (Å²) in [7, 11) is -4.42. The molecule has 2 fully saturated rings. The topological polar surface area (TPSA) is 96.8 Å². The number of halogens is 3. The molecule has 2 aromatic heterocycles. The van der Waals surface area contributed by atoms with Crippen LogP contribution in [0.15, 0.2) is 12.4 Å². The Labute approximate surface area is 153 Å². The molecule has 142 valence electrons. The number of nitrogens with zero attached hydrogens (tertiary/aromatic N) is 5. The second-order valence-corrected chi connectivity index (χ2v) is 8.90. The van der Waals surface area contributed by atoms with Crippen LogP contribution in [0.5, 0.6) is 0 Å². The molecule has 0 unspecified atom stereocenters. The third-order valence-electron chi connectivity index (χ3n) is 5.22. The highest BCUT2D eigenvalue weighted by atomic mass is 35.5. The quantitative estimate of drug-likeness (QED) is 0.774. The van der Waals surface area contributed by atoms with E-state index >= 15 is 0 Å². The molecule has 0 radical (unpaired) electrons. The maximum atomic E-state index is 13.0. The zero-order chi connectivity index (χ0) is 18.9. The number of alkyl halides is 2. The minimum absolute atomic E-state index is 0.112. The van der Waals surface area contributed by atoms with Crippen LogP contribution in [0.3, 0.4) is 0 Å². The van der Waals surface area contributed by atoms with Gasteiger partial charge in [-0.3, -0.25) is 0 Å². The van der Waals surface area contributed by atoms with Gasteiger partial charge < -0.3 is 4.90 Å². The fourth-order valence-corrected chi connectivity index (χ4v) is 5.24. The van der Waals surface area contributed by atoms with Crippen molar-refractivity contribution >= 4 is 33.1 Å². The van der Waals surface area contributed by atoms with Crippen molar-refractivity contribution in [2.24, 2.45) is 10.6 Å². The maximum absolute atomic E-state index is 13.0. The molecule has 0 bridgehead atoms. The Balaban J connectivity index is 1.49. The number of aryl methyl sites for hydroxylation is 1. The molecular weight excluding hydrogens is 390 g/mol. The number of anilines is 1. The second-order valence-electron chi connectivity index (χ2n) is 7.06. The van der Waals surface area contributed by atoms with Crippen molar-refractivity contribution in [1.82, 2.24) is 18.9 Å². The Hall–Kier alpha value is -1.56. The smallest absolute Gasteiger partial charge is 0.308 e. The predicted octanol–water partition coefficient (Wildman–Crippen LogP) is 1.39. The third kappa shape index (κ3) is 2.65. The number of nitrogens with two attached hydrogens (primary N) is 1. The Bertz CT molecular complexity index is 967. The average Bonchev–Trinajstić information content (AvgIpc) is 2.73. The van der Waals surface area contributed by atoms with Gasteiger partial charge in [0, 0.05) is 24.5 Å². The van der Waals surface area contributed by atoms with Crippen molar-refractivity contribution in [2.45, 2.75) is 32.4 Å². The third-order valence-corrected chi connectivity index (χ3v) is 6.53. The zero-order valence-corrected chi connectivity index (χ0v) is 15.4. The summed E-state index contributed by atoms with van der Waals surface area (Å²) in [6.45, 7) is 0.00563. The van der Waals surface area contributed by atoms with Crippen molar-refractivity contribution in [3.63, 3.8) is 0 Å². The van der Waals surface area contributed by atoms with Crippen molar-refractivity contribution in [3.8, 4) is 0 Å². The van der Waals surface area contributed by atoms with Crippen LogP contribution in [0.1, 0.15) is 18.4 Å². The van der Waals surface area contributed by atoms with Gasteiger partial charge in [0.1, 0.15) is 17.0 Å². The molecule has 26 heavy (non-hydrogen) atoms. The highest BCUT2D eigenvalue weighted by molar-refractivity contribution is 7.86. The van der Waals surface area contributed by atoms with Crippen LogP contribution in [-0.2, 0) is 10.2 Å². The van der Waals surface area contributed by atoms with E-state index in [2.05, 4.69) is 10.1 Å². The number of fused-ring (bicyclic) bond motifs is 1. The number of rotatable bonds is 4. The first kappa shape index (κ1) is 17.8. The molecule has 0 atom stereocenters. The standard InChI is InChI=1S/C14H17ClF2N6O2S/c1-8-2-10(15)22-11(8)12(19-7-20-22)21-5-14(6-21)3-9(4-14)23(13(16)17)26(18,24)25/h2,7,9,13H,3-6H2,1H3,(H2,18,24,25). The summed E-state index contributed by atoms with van der Waals surface area (Å²) in [5.74, 6) is 0.732. The lowest BCUT2D eigenvalue weighted by molar-refractivity contribution is -0.0659. The molecule has 2 N–H and O–H groups in total. The summed E-state index contributed by atoms with van der Waals surface area (Å²) >= 11 is 6.15. The number of hydrogen-bond acceptors (Lipinski definition) is 5. The van der Waals surface area contributed by atoms with Gasteiger partial charge in [-0.15, -0.1) is 4.31 Å². The molecule has 1 aliphatic carbocycles. The van der Waals surface area contributed by atoms with E-state index in [4.69, 9.17) is 16.7 Å². The summed E-state index contributed by atoms with van der Waals surface area (Å²) in [5.41, 5.74) is 1.56. The summed E-state index contributed by atoms with van der Waals surface area (Å²) in [4.78, 5) is 6.37. The van der Waals surface area contributed by atoms with Gasteiger partial charge in [0.15, 0.2) is 5.82 Å². The molecule has 2 aromatic rings. The first-order valence-corrected chi connectivity index (χ1v) is 9.83. The van der Waals surface area contributed by atoms with E-state index in [1.54, 1.807) is 10.6 Å². The van der Waals surface area contributed by atoms with Crippen LogP contribution < -0.4 is 10.0 Å². The molecule has 4 rings (SSSR count). The van der Waals surface area contributed by atoms with E-state index in [-0.39, 0.29) is 9.72 Å². The Morgan fingerprint density at radius 3 is 2.65 bits per heavy atom. The van der Waals surface area contributed by atoms with Crippen LogP contribution in [0, 0.1) is 12.3 Å². The van der Waals surface area contributed by atoms with Crippen LogP contribution in [0.2, 0.25) is 5.15 Å². The second kappa shape index (κ2) is 5.72. The van der Waals surface area contributed by atoms with Crippen molar-refractivity contribution in [2.75, 3.05) is 18.0 Å². The fraction of sp³-hybridized carbons (Fsp3) is 0.571. The maximum Gasteiger partial charge on any atom is 0.308 e. The zero-order valence-electron chi connectivity index (χ0n) is 13.8. The van der Waals surface area contributed by atoms with E-state index in [1.165, 1.54) is 6.33 Å². The van der Waals surface area contributed by atoms with Crippen LogP contribution in [0.25, 0.3) is 5.52 Å². The summed E-state index contributed by atoms with van der Waals surface area (Å²) < 4.78 is 50.5. The monoisotopic (exact) mass is 406 g/mol. The molecule has 1 saturated carbocycles. The van der Waals surface area contributed by atoms with Gasteiger partial charge in [0.05, 0.1) is 0 Å². The summed E-state index contributed by atoms with van der Waals surface area (Å²) in [6, 6.07) is 1.04. The number of aromatic nitrogens is 3. The van der Waals surface area contributed by atoms with E-state index in [0.29, 0.717) is 31.1 Å². The first-order valence-electron chi connectivity index (χ1n) is 7.94. The van der Waals surface area contributed by atoms with Crippen LogP contribution in [0.4, 0.5) is 14.6 Å². The van der Waals surface area contributed by atoms with Gasteiger partial charge >= 0.3 is 6.55 Å². The minimum atomic E-state index is -4.42. The largest absolute Gasteiger partial charge is 0.354 e. The molecule has 1 aliphatic heterocycles. The van der Waals surface area contributed by atoms with Crippen LogP contribution >= 0.6 is 11.6 Å². The SMILES string of the molecule is Cc1cc(Cl)n2ncnc(N3CC4(CC(N(C(F)F)S(N)(=O)=O)C4)C3)c12. The first-order chi connectivity index (χ1) is 12.1. The molecule has 2 aliphatic rings. The minimum Gasteiger partial charge on any atom is -0.354 e. The van der Waals surface area contributed by atoms with Gasteiger partial charge in [-0.2, -0.15) is 22.3 Å². The molecule has 12 heteroatoms.